The van der Waals surface area contributed by atoms with E-state index in [9.17, 15) is 34.2 Å². The number of hydrogen-bond donors (Lipinski definition) is 7. The molecule has 4 amide bonds. The lowest BCUT2D eigenvalue weighted by Crippen LogP contribution is -2.58. The van der Waals surface area contributed by atoms with E-state index in [1.165, 1.54) is 4.90 Å². The minimum atomic E-state index is -1.40. The van der Waals surface area contributed by atoms with E-state index in [2.05, 4.69) is 15.6 Å². The maximum Gasteiger partial charge on any atom is 0.326 e. The highest BCUT2D eigenvalue weighted by molar-refractivity contribution is 5.95. The number of nitrogens with zero attached hydrogens (tertiary/aromatic N) is 1. The van der Waals surface area contributed by atoms with E-state index in [-0.39, 0.29) is 19.4 Å². The molecule has 194 valence electrons. The van der Waals surface area contributed by atoms with Crippen molar-refractivity contribution in [2.24, 2.45) is 11.5 Å². The van der Waals surface area contributed by atoms with Gasteiger partial charge in [0.15, 0.2) is 0 Å². The molecule has 0 radical (unpaired) electrons. The molecule has 1 aliphatic heterocycles. The van der Waals surface area contributed by atoms with Gasteiger partial charge in [0, 0.05) is 30.1 Å². The van der Waals surface area contributed by atoms with E-state index in [1.54, 1.807) is 6.20 Å². The Morgan fingerprint density at radius 3 is 2.53 bits per heavy atom. The van der Waals surface area contributed by atoms with Crippen LogP contribution in [0.3, 0.4) is 0 Å². The normalized spacial score (nSPS) is 17.8. The van der Waals surface area contributed by atoms with Crippen LogP contribution in [0.5, 0.6) is 0 Å². The first-order valence-corrected chi connectivity index (χ1v) is 11.5. The van der Waals surface area contributed by atoms with Crippen LogP contribution in [0, 0.1) is 0 Å². The van der Waals surface area contributed by atoms with E-state index in [0.29, 0.717) is 12.0 Å². The van der Waals surface area contributed by atoms with Crippen LogP contribution in [-0.2, 0) is 30.4 Å². The molecule has 1 saturated heterocycles. The van der Waals surface area contributed by atoms with E-state index in [0.717, 1.165) is 10.9 Å². The topological polar surface area (TPSA) is 221 Å². The van der Waals surface area contributed by atoms with Crippen LogP contribution in [0.15, 0.2) is 30.5 Å². The maximum absolute atomic E-state index is 13.0. The molecule has 4 atom stereocenters. The van der Waals surface area contributed by atoms with Crippen LogP contribution in [0.4, 0.5) is 0 Å². The van der Waals surface area contributed by atoms with Crippen LogP contribution in [0.25, 0.3) is 10.9 Å². The fourth-order valence-electron chi connectivity index (χ4n) is 4.27. The molecule has 2 aromatic rings. The van der Waals surface area contributed by atoms with Gasteiger partial charge in [0.2, 0.25) is 23.6 Å². The zero-order chi connectivity index (χ0) is 26.4. The minimum absolute atomic E-state index is 0.0266. The molecular formula is C23H30N6O7. The number of carbonyl (C=O) groups excluding carboxylic acids is 4. The zero-order valence-electron chi connectivity index (χ0n) is 19.5. The summed E-state index contributed by atoms with van der Waals surface area (Å²) in [6.45, 7) is -0.589. The predicted molar refractivity (Wildman–Crippen MR) is 127 cm³/mol. The molecular weight excluding hydrogens is 472 g/mol. The molecule has 1 fully saturated rings. The summed E-state index contributed by atoms with van der Waals surface area (Å²) in [4.78, 5) is 65.4. The number of fused-ring (bicyclic) bond motifs is 1. The molecule has 0 bridgehead atoms. The third kappa shape index (κ3) is 6.17. The number of nitrogens with two attached hydrogens (primary N) is 2. The van der Waals surface area contributed by atoms with E-state index in [4.69, 9.17) is 11.5 Å². The lowest BCUT2D eigenvalue weighted by atomic mass is 10.0. The fourth-order valence-corrected chi connectivity index (χ4v) is 4.27. The quantitative estimate of drug-likeness (QED) is 0.181. The average molecular weight is 503 g/mol. The first-order chi connectivity index (χ1) is 17.1. The number of hydrogen-bond acceptors (Lipinski definition) is 7. The molecule has 0 spiro atoms. The molecule has 4 unspecified atom stereocenters. The number of amides is 4. The minimum Gasteiger partial charge on any atom is -0.480 e. The molecule has 1 aromatic heterocycles. The molecule has 0 saturated carbocycles. The number of nitrogens with one attached hydrogen (secondary N) is 3. The van der Waals surface area contributed by atoms with Crippen LogP contribution in [0.2, 0.25) is 0 Å². The van der Waals surface area contributed by atoms with E-state index in [1.807, 2.05) is 24.3 Å². The number of carboxylic acid groups (broad SMARTS) is 1. The smallest absolute Gasteiger partial charge is 0.326 e. The lowest BCUT2D eigenvalue weighted by molar-refractivity contribution is -0.145. The van der Waals surface area contributed by atoms with Crippen molar-refractivity contribution in [1.82, 2.24) is 20.5 Å². The third-order valence-corrected chi connectivity index (χ3v) is 6.11. The van der Waals surface area contributed by atoms with Crippen LogP contribution in [0.1, 0.15) is 24.8 Å². The highest BCUT2D eigenvalue weighted by atomic mass is 16.4. The number of primary amides is 1. The van der Waals surface area contributed by atoms with E-state index >= 15 is 0 Å². The number of carboxylic acids is 1. The second-order valence-electron chi connectivity index (χ2n) is 8.67. The van der Waals surface area contributed by atoms with Crippen molar-refractivity contribution >= 4 is 40.5 Å². The summed E-state index contributed by atoms with van der Waals surface area (Å²) in [7, 11) is 0. The van der Waals surface area contributed by atoms with Gasteiger partial charge in [0.05, 0.1) is 19.1 Å². The number of para-hydroxylation sites is 1. The number of rotatable bonds is 11. The first kappa shape index (κ1) is 26.6. The Morgan fingerprint density at radius 1 is 1.14 bits per heavy atom. The van der Waals surface area contributed by atoms with Crippen molar-refractivity contribution in [2.45, 2.75) is 49.9 Å². The summed E-state index contributed by atoms with van der Waals surface area (Å²) in [6.07, 6.45) is 2.02. The Balaban J connectivity index is 1.67. The largest absolute Gasteiger partial charge is 0.480 e. The number of H-pyrrole nitrogens is 1. The SMILES string of the molecule is NC(=O)CC(N)C(=O)NC(CO)C(=O)N1CCCC1C(=O)NC(Cc1c[nH]c2ccccc12)C(=O)O. The fraction of sp³-hybridized carbons (Fsp3) is 0.435. The second kappa shape index (κ2) is 11.6. The van der Waals surface area contributed by atoms with Crippen LogP contribution < -0.4 is 22.1 Å². The number of aromatic nitrogens is 1. The number of benzene rings is 1. The number of carbonyl (C=O) groups is 5. The van der Waals surface area contributed by atoms with Gasteiger partial charge in [-0.1, -0.05) is 18.2 Å². The zero-order valence-corrected chi connectivity index (χ0v) is 19.5. The van der Waals surface area contributed by atoms with Crippen LogP contribution >= 0.6 is 0 Å². The Labute approximate surface area is 206 Å². The van der Waals surface area contributed by atoms with Gasteiger partial charge >= 0.3 is 5.97 Å². The molecule has 2 heterocycles. The van der Waals surface area contributed by atoms with Crippen LogP contribution in [-0.4, -0.2) is 87.0 Å². The number of aliphatic hydroxyl groups is 1. The first-order valence-electron chi connectivity index (χ1n) is 11.5. The number of likely N-dealkylation sites (tertiary alicyclic amines) is 1. The molecule has 1 aliphatic rings. The molecule has 36 heavy (non-hydrogen) atoms. The lowest BCUT2D eigenvalue weighted by Gasteiger charge is -2.29. The molecule has 9 N–H and O–H groups in total. The number of aromatic amines is 1. The number of aliphatic hydroxyl groups excluding tert-OH is 1. The summed E-state index contributed by atoms with van der Waals surface area (Å²) in [6, 6.07) is 2.45. The standard InChI is InChI=1S/C23H30N6O7/c24-14(9-19(25)31)20(32)28-17(11-30)22(34)29-7-3-6-18(29)21(33)27-16(23(35)36)8-12-10-26-15-5-2-1-4-13(12)15/h1-2,4-5,10,14,16-18,26,30H,3,6-9,11,24H2,(H2,25,31)(H,27,33)(H,28,32)(H,35,36). The average Bonchev–Trinajstić information content (AvgIpc) is 3.48. The van der Waals surface area contributed by atoms with Gasteiger partial charge < -0.3 is 42.2 Å². The van der Waals surface area contributed by atoms with Crippen molar-refractivity contribution in [3.8, 4) is 0 Å². The highest BCUT2D eigenvalue weighted by Gasteiger charge is 2.39. The molecule has 13 heteroatoms. The molecule has 0 aliphatic carbocycles. The summed E-state index contributed by atoms with van der Waals surface area (Å²) in [5.74, 6) is -4.26. The monoisotopic (exact) mass is 502 g/mol. The van der Waals surface area contributed by atoms with Crippen molar-refractivity contribution in [3.05, 3.63) is 36.0 Å². The Morgan fingerprint density at radius 2 is 1.86 bits per heavy atom. The van der Waals surface area contributed by atoms with Gasteiger partial charge in [-0.15, -0.1) is 0 Å². The van der Waals surface area contributed by atoms with E-state index < -0.39 is 66.8 Å². The Kier molecular flexibility index (Phi) is 8.61. The van der Waals surface area contributed by atoms with Crippen molar-refractivity contribution in [2.75, 3.05) is 13.2 Å². The van der Waals surface area contributed by atoms with Gasteiger partial charge in [0.1, 0.15) is 18.1 Å². The molecule has 1 aromatic carbocycles. The second-order valence-corrected chi connectivity index (χ2v) is 8.67. The predicted octanol–water partition coefficient (Wildman–Crippen LogP) is -2.05. The Bertz CT molecular complexity index is 1150. The third-order valence-electron chi connectivity index (χ3n) is 6.11. The Hall–Kier alpha value is -3.97. The summed E-state index contributed by atoms with van der Waals surface area (Å²) >= 11 is 0. The van der Waals surface area contributed by atoms with Gasteiger partial charge in [-0.25, -0.2) is 4.79 Å². The van der Waals surface area contributed by atoms with Gasteiger partial charge in [-0.2, -0.15) is 0 Å². The number of aliphatic carboxylic acids is 1. The molecule has 3 rings (SSSR count). The summed E-state index contributed by atoms with van der Waals surface area (Å²) in [5, 5.41) is 25.0. The maximum atomic E-state index is 13.0. The van der Waals surface area contributed by atoms with Crippen molar-refractivity contribution in [1.29, 1.82) is 0 Å². The van der Waals surface area contributed by atoms with Crippen molar-refractivity contribution < 1.29 is 34.2 Å². The van der Waals surface area contributed by atoms with Gasteiger partial charge in [0.25, 0.3) is 0 Å². The van der Waals surface area contributed by atoms with Gasteiger partial charge in [-0.3, -0.25) is 19.2 Å². The van der Waals surface area contributed by atoms with Gasteiger partial charge in [-0.05, 0) is 24.5 Å². The highest BCUT2D eigenvalue weighted by Crippen LogP contribution is 2.21. The molecule has 13 nitrogen and oxygen atoms in total. The summed E-state index contributed by atoms with van der Waals surface area (Å²) in [5.41, 5.74) is 12.2. The van der Waals surface area contributed by atoms with Crippen molar-refractivity contribution in [3.63, 3.8) is 0 Å². The summed E-state index contributed by atoms with van der Waals surface area (Å²) < 4.78 is 0.